The molecule has 0 spiro atoms. The first-order valence-corrected chi connectivity index (χ1v) is 10.0. The highest BCUT2D eigenvalue weighted by molar-refractivity contribution is 7.12. The third-order valence-electron chi connectivity index (χ3n) is 4.98. The molecule has 0 aliphatic carbocycles. The second-order valence-corrected chi connectivity index (χ2v) is 7.50. The molecule has 0 atom stereocenters. The summed E-state index contributed by atoms with van der Waals surface area (Å²) < 4.78 is 5.01. The summed E-state index contributed by atoms with van der Waals surface area (Å²) in [5, 5.41) is 1.90. The van der Waals surface area contributed by atoms with E-state index in [1.807, 2.05) is 27.3 Å². The van der Waals surface area contributed by atoms with Crippen LogP contribution in [0.3, 0.4) is 0 Å². The fourth-order valence-corrected chi connectivity index (χ4v) is 4.16. The molecule has 0 unspecified atom stereocenters. The smallest absolute Gasteiger partial charge is 0.409 e. The van der Waals surface area contributed by atoms with Crippen molar-refractivity contribution in [2.45, 2.75) is 19.8 Å². The Balaban J connectivity index is 1.46. The molecule has 0 radical (unpaired) electrons. The van der Waals surface area contributed by atoms with Crippen LogP contribution in [0.25, 0.3) is 0 Å². The number of ether oxygens (including phenoxy) is 1. The van der Waals surface area contributed by atoms with Crippen molar-refractivity contribution in [3.63, 3.8) is 0 Å². The van der Waals surface area contributed by atoms with Gasteiger partial charge in [-0.05, 0) is 31.2 Å². The van der Waals surface area contributed by atoms with E-state index in [0.717, 1.165) is 4.88 Å². The molecular formula is C18H25N3O4S. The van der Waals surface area contributed by atoms with Gasteiger partial charge in [-0.1, -0.05) is 6.07 Å². The van der Waals surface area contributed by atoms with Crippen molar-refractivity contribution in [3.8, 4) is 0 Å². The molecule has 2 saturated heterocycles. The fraction of sp³-hybridized carbons (Fsp3) is 0.611. The van der Waals surface area contributed by atoms with Gasteiger partial charge in [0.15, 0.2) is 0 Å². The second-order valence-electron chi connectivity index (χ2n) is 6.56. The van der Waals surface area contributed by atoms with Crippen LogP contribution in [0.15, 0.2) is 17.5 Å². The minimum atomic E-state index is -0.306. The predicted molar refractivity (Wildman–Crippen MR) is 98.1 cm³/mol. The van der Waals surface area contributed by atoms with Gasteiger partial charge < -0.3 is 19.4 Å². The summed E-state index contributed by atoms with van der Waals surface area (Å²) >= 11 is 1.45. The van der Waals surface area contributed by atoms with Gasteiger partial charge in [-0.2, -0.15) is 0 Å². The lowest BCUT2D eigenvalue weighted by Crippen LogP contribution is -2.53. The lowest BCUT2D eigenvalue weighted by Gasteiger charge is -2.38. The summed E-state index contributed by atoms with van der Waals surface area (Å²) in [7, 11) is 0. The number of amides is 3. The zero-order valence-corrected chi connectivity index (χ0v) is 15.9. The summed E-state index contributed by atoms with van der Waals surface area (Å²) in [6.45, 7) is 5.51. The van der Waals surface area contributed by atoms with Crippen LogP contribution in [0, 0.1) is 5.92 Å². The molecule has 3 rings (SSSR count). The number of piperazine rings is 1. The average molecular weight is 379 g/mol. The number of carbonyl (C=O) groups excluding carboxylic acids is 3. The minimum Gasteiger partial charge on any atom is -0.450 e. The number of hydrogen-bond donors (Lipinski definition) is 0. The molecule has 8 heteroatoms. The number of thiophene rings is 1. The van der Waals surface area contributed by atoms with Gasteiger partial charge in [-0.25, -0.2) is 4.79 Å². The molecule has 7 nitrogen and oxygen atoms in total. The largest absolute Gasteiger partial charge is 0.450 e. The Hall–Kier alpha value is -2.09. The van der Waals surface area contributed by atoms with Crippen LogP contribution in [-0.2, 0) is 9.53 Å². The van der Waals surface area contributed by atoms with E-state index in [1.165, 1.54) is 11.3 Å². The Morgan fingerprint density at radius 2 is 1.69 bits per heavy atom. The summed E-state index contributed by atoms with van der Waals surface area (Å²) in [4.78, 5) is 43.0. The van der Waals surface area contributed by atoms with E-state index in [2.05, 4.69) is 0 Å². The van der Waals surface area contributed by atoms with Gasteiger partial charge in [0.25, 0.3) is 5.91 Å². The lowest BCUT2D eigenvalue weighted by molar-refractivity contribution is -0.138. The van der Waals surface area contributed by atoms with Crippen LogP contribution < -0.4 is 0 Å². The maximum atomic E-state index is 12.8. The van der Waals surface area contributed by atoms with Crippen molar-refractivity contribution < 1.29 is 19.1 Å². The lowest BCUT2D eigenvalue weighted by atomic mass is 9.95. The Labute approximate surface area is 157 Å². The summed E-state index contributed by atoms with van der Waals surface area (Å²) in [5.74, 6) is 0.183. The first-order chi connectivity index (χ1) is 12.6. The Morgan fingerprint density at radius 3 is 2.27 bits per heavy atom. The van der Waals surface area contributed by atoms with E-state index in [0.29, 0.717) is 58.7 Å². The van der Waals surface area contributed by atoms with E-state index in [-0.39, 0.29) is 23.8 Å². The first kappa shape index (κ1) is 18.7. The predicted octanol–water partition coefficient (Wildman–Crippen LogP) is 1.90. The zero-order chi connectivity index (χ0) is 18.5. The highest BCUT2D eigenvalue weighted by Crippen LogP contribution is 2.23. The molecule has 1 aromatic rings. The van der Waals surface area contributed by atoms with Gasteiger partial charge in [0, 0.05) is 45.2 Å². The molecule has 2 aliphatic heterocycles. The Kier molecular flexibility index (Phi) is 6.13. The molecule has 0 bridgehead atoms. The highest BCUT2D eigenvalue weighted by Gasteiger charge is 2.32. The van der Waals surface area contributed by atoms with E-state index >= 15 is 0 Å². The third kappa shape index (κ3) is 4.17. The fourth-order valence-electron chi connectivity index (χ4n) is 3.47. The van der Waals surface area contributed by atoms with E-state index in [9.17, 15) is 14.4 Å². The molecule has 0 saturated carbocycles. The third-order valence-corrected chi connectivity index (χ3v) is 5.84. The quantitative estimate of drug-likeness (QED) is 0.804. The van der Waals surface area contributed by atoms with Crippen LogP contribution >= 0.6 is 11.3 Å². The van der Waals surface area contributed by atoms with Crippen LogP contribution in [0.5, 0.6) is 0 Å². The molecule has 0 N–H and O–H groups in total. The van der Waals surface area contributed by atoms with Gasteiger partial charge in [0.2, 0.25) is 5.91 Å². The van der Waals surface area contributed by atoms with Crippen LogP contribution in [-0.4, -0.2) is 78.5 Å². The van der Waals surface area contributed by atoms with E-state index < -0.39 is 0 Å². The summed E-state index contributed by atoms with van der Waals surface area (Å²) in [6, 6.07) is 3.72. The summed E-state index contributed by atoms with van der Waals surface area (Å²) in [6.07, 6.45) is 1.10. The van der Waals surface area contributed by atoms with Crippen molar-refractivity contribution in [2.75, 3.05) is 45.9 Å². The van der Waals surface area contributed by atoms with Crippen LogP contribution in [0.2, 0.25) is 0 Å². The van der Waals surface area contributed by atoms with E-state index in [4.69, 9.17) is 4.74 Å². The molecule has 0 aromatic carbocycles. The van der Waals surface area contributed by atoms with Gasteiger partial charge in [-0.15, -0.1) is 11.3 Å². The number of nitrogens with zero attached hydrogens (tertiary/aromatic N) is 3. The topological polar surface area (TPSA) is 70.2 Å². The molecule has 2 aliphatic rings. The number of piperidine rings is 1. The number of carbonyl (C=O) groups is 3. The van der Waals surface area contributed by atoms with Crippen molar-refractivity contribution in [1.29, 1.82) is 0 Å². The van der Waals surface area contributed by atoms with Gasteiger partial charge >= 0.3 is 6.09 Å². The Bertz CT molecular complexity index is 633. The maximum Gasteiger partial charge on any atom is 0.409 e. The number of rotatable bonds is 3. The van der Waals surface area contributed by atoms with E-state index in [1.54, 1.807) is 11.8 Å². The van der Waals surface area contributed by atoms with Crippen molar-refractivity contribution in [3.05, 3.63) is 22.4 Å². The molecule has 1 aromatic heterocycles. The van der Waals surface area contributed by atoms with Crippen molar-refractivity contribution >= 4 is 29.2 Å². The normalized spacial score (nSPS) is 18.7. The maximum absolute atomic E-state index is 12.8. The number of likely N-dealkylation sites (tertiary alicyclic amines) is 1. The second kappa shape index (κ2) is 8.53. The number of hydrogen-bond acceptors (Lipinski definition) is 5. The van der Waals surface area contributed by atoms with Gasteiger partial charge in [0.1, 0.15) is 0 Å². The first-order valence-electron chi connectivity index (χ1n) is 9.13. The average Bonchev–Trinajstić information content (AvgIpc) is 3.22. The van der Waals surface area contributed by atoms with Gasteiger partial charge in [-0.3, -0.25) is 9.59 Å². The van der Waals surface area contributed by atoms with Gasteiger partial charge in [0.05, 0.1) is 11.5 Å². The molecule has 2 fully saturated rings. The minimum absolute atomic E-state index is 0.0310. The highest BCUT2D eigenvalue weighted by atomic mass is 32.1. The Morgan fingerprint density at radius 1 is 1.04 bits per heavy atom. The standard InChI is InChI=1S/C18H25N3O4S/c1-2-25-18(24)21-11-9-20(10-12-21)16(22)14-5-7-19(8-6-14)17(23)15-4-3-13-26-15/h3-4,13-14H,2,5-12H2,1H3. The van der Waals surface area contributed by atoms with Crippen molar-refractivity contribution in [1.82, 2.24) is 14.7 Å². The van der Waals surface area contributed by atoms with Crippen molar-refractivity contribution in [2.24, 2.45) is 5.92 Å². The van der Waals surface area contributed by atoms with Crippen LogP contribution in [0.4, 0.5) is 4.79 Å². The summed E-state index contributed by atoms with van der Waals surface area (Å²) in [5.41, 5.74) is 0. The SMILES string of the molecule is CCOC(=O)N1CCN(C(=O)C2CCN(C(=O)c3cccs3)CC2)CC1. The molecular weight excluding hydrogens is 354 g/mol. The molecule has 3 amide bonds. The monoisotopic (exact) mass is 379 g/mol. The van der Waals surface area contributed by atoms with Crippen LogP contribution in [0.1, 0.15) is 29.4 Å². The molecule has 26 heavy (non-hydrogen) atoms. The molecule has 3 heterocycles. The zero-order valence-electron chi connectivity index (χ0n) is 15.1. The molecule has 142 valence electrons.